The van der Waals surface area contributed by atoms with E-state index in [4.69, 9.17) is 5.26 Å². The Kier molecular flexibility index (Phi) is 2.77. The number of hydrogen-bond acceptors (Lipinski definition) is 1. The highest BCUT2D eigenvalue weighted by molar-refractivity contribution is 5.40. The fourth-order valence-electron chi connectivity index (χ4n) is 2.93. The summed E-state index contributed by atoms with van der Waals surface area (Å²) in [7, 11) is 0. The fourth-order valence-corrected chi connectivity index (χ4v) is 2.93. The van der Waals surface area contributed by atoms with Crippen molar-refractivity contribution >= 4 is 0 Å². The predicted molar refractivity (Wildman–Crippen MR) is 61.6 cm³/mol. The predicted octanol–water partition coefficient (Wildman–Crippen LogP) is 3.58. The van der Waals surface area contributed by atoms with E-state index >= 15 is 0 Å². The first-order chi connectivity index (χ1) is 7.32. The third-order valence-electron chi connectivity index (χ3n) is 3.61. The third-order valence-corrected chi connectivity index (χ3v) is 3.61. The van der Waals surface area contributed by atoms with E-state index in [1.807, 2.05) is 0 Å². The zero-order valence-corrected chi connectivity index (χ0v) is 9.29. The van der Waals surface area contributed by atoms with Crippen LogP contribution in [0.4, 0.5) is 0 Å². The normalized spacial score (nSPS) is 23.5. The van der Waals surface area contributed by atoms with Crippen molar-refractivity contribution in [2.45, 2.75) is 44.4 Å². The molecule has 0 N–H and O–H groups in total. The van der Waals surface area contributed by atoms with Crippen LogP contribution in [0.2, 0.25) is 0 Å². The van der Waals surface area contributed by atoms with Gasteiger partial charge in [-0.25, -0.2) is 0 Å². The van der Waals surface area contributed by atoms with Gasteiger partial charge >= 0.3 is 0 Å². The van der Waals surface area contributed by atoms with Crippen LogP contribution in [0.25, 0.3) is 0 Å². The lowest BCUT2D eigenvalue weighted by molar-refractivity contribution is 0.394. The maximum atomic E-state index is 8.99. The highest BCUT2D eigenvalue weighted by Crippen LogP contribution is 2.44. The summed E-state index contributed by atoms with van der Waals surface area (Å²) < 4.78 is 0. The molecule has 0 bridgehead atoms. The van der Waals surface area contributed by atoms with Crippen molar-refractivity contribution in [2.75, 3.05) is 0 Å². The van der Waals surface area contributed by atoms with E-state index in [0.29, 0.717) is 6.42 Å². The molecule has 1 aliphatic carbocycles. The van der Waals surface area contributed by atoms with Gasteiger partial charge in [-0.2, -0.15) is 5.26 Å². The number of benzene rings is 1. The monoisotopic (exact) mass is 199 g/mol. The van der Waals surface area contributed by atoms with Crippen molar-refractivity contribution in [1.29, 1.82) is 5.26 Å². The molecule has 0 spiro atoms. The minimum Gasteiger partial charge on any atom is -0.198 e. The number of hydrogen-bond donors (Lipinski definition) is 0. The Morgan fingerprint density at radius 3 is 2.93 bits per heavy atom. The van der Waals surface area contributed by atoms with Gasteiger partial charge in [0.15, 0.2) is 0 Å². The largest absolute Gasteiger partial charge is 0.198 e. The van der Waals surface area contributed by atoms with Crippen LogP contribution in [-0.2, 0) is 11.8 Å². The molecule has 1 aromatic rings. The molecular formula is C14H17N. The molecule has 1 aromatic carbocycles. The molecule has 78 valence electrons. The van der Waals surface area contributed by atoms with Gasteiger partial charge in [-0.15, -0.1) is 0 Å². The van der Waals surface area contributed by atoms with Crippen molar-refractivity contribution in [3.8, 4) is 6.07 Å². The molecule has 15 heavy (non-hydrogen) atoms. The maximum absolute atomic E-state index is 8.99. The van der Waals surface area contributed by atoms with Crippen LogP contribution in [0.3, 0.4) is 0 Å². The summed E-state index contributed by atoms with van der Waals surface area (Å²) in [6.45, 7) is 2.21. The van der Waals surface area contributed by atoms with Gasteiger partial charge in [0.05, 0.1) is 6.07 Å². The highest BCUT2D eigenvalue weighted by Gasteiger charge is 2.37. The second-order valence-corrected chi connectivity index (χ2v) is 4.52. The minimum absolute atomic E-state index is 0.167. The van der Waals surface area contributed by atoms with Gasteiger partial charge in [0.1, 0.15) is 0 Å². The lowest BCUT2D eigenvalue weighted by Crippen LogP contribution is -2.22. The van der Waals surface area contributed by atoms with Crippen molar-refractivity contribution in [3.63, 3.8) is 0 Å². The number of fused-ring (bicyclic) bond motifs is 1. The van der Waals surface area contributed by atoms with Gasteiger partial charge in [-0.05, 0) is 30.4 Å². The first kappa shape index (κ1) is 10.2. The zero-order valence-electron chi connectivity index (χ0n) is 9.29. The van der Waals surface area contributed by atoms with Crippen molar-refractivity contribution < 1.29 is 0 Å². The van der Waals surface area contributed by atoms with Gasteiger partial charge in [-0.3, -0.25) is 0 Å². The molecule has 2 rings (SSSR count). The Hall–Kier alpha value is -1.29. The van der Waals surface area contributed by atoms with Gasteiger partial charge in [0, 0.05) is 11.8 Å². The molecule has 0 fully saturated rings. The molecule has 1 aliphatic rings. The minimum atomic E-state index is 0.167. The van der Waals surface area contributed by atoms with E-state index in [0.717, 1.165) is 25.7 Å². The smallest absolute Gasteiger partial charge is 0.0631 e. The second kappa shape index (κ2) is 4.06. The van der Waals surface area contributed by atoms with Crippen LogP contribution < -0.4 is 0 Å². The zero-order chi connectivity index (χ0) is 10.7. The van der Waals surface area contributed by atoms with E-state index in [-0.39, 0.29) is 5.41 Å². The first-order valence-corrected chi connectivity index (χ1v) is 5.78. The topological polar surface area (TPSA) is 23.8 Å². The molecule has 0 aliphatic heterocycles. The molecule has 1 atom stereocenters. The Balaban J connectivity index is 2.40. The summed E-state index contributed by atoms with van der Waals surface area (Å²) in [4.78, 5) is 0. The first-order valence-electron chi connectivity index (χ1n) is 5.78. The quantitative estimate of drug-likeness (QED) is 0.730. The van der Waals surface area contributed by atoms with Crippen LogP contribution in [0, 0.1) is 11.3 Å². The molecule has 0 saturated carbocycles. The molecule has 0 heterocycles. The van der Waals surface area contributed by atoms with Crippen LogP contribution in [-0.4, -0.2) is 0 Å². The van der Waals surface area contributed by atoms with Crippen LogP contribution in [0.15, 0.2) is 24.3 Å². The molecule has 0 radical (unpaired) electrons. The number of nitriles is 1. The van der Waals surface area contributed by atoms with Crippen LogP contribution in [0.1, 0.15) is 43.7 Å². The fraction of sp³-hybridized carbons (Fsp3) is 0.500. The third kappa shape index (κ3) is 1.65. The molecule has 0 unspecified atom stereocenters. The number of rotatable bonds is 3. The average Bonchev–Trinajstić information content (AvgIpc) is 2.60. The van der Waals surface area contributed by atoms with Crippen molar-refractivity contribution in [1.82, 2.24) is 0 Å². The summed E-state index contributed by atoms with van der Waals surface area (Å²) >= 11 is 0. The molecule has 0 amide bonds. The van der Waals surface area contributed by atoms with Gasteiger partial charge in [0.25, 0.3) is 0 Å². The van der Waals surface area contributed by atoms with Crippen LogP contribution >= 0.6 is 0 Å². The van der Waals surface area contributed by atoms with Crippen molar-refractivity contribution in [3.05, 3.63) is 35.4 Å². The summed E-state index contributed by atoms with van der Waals surface area (Å²) in [5.41, 5.74) is 3.06. The van der Waals surface area contributed by atoms with E-state index in [1.165, 1.54) is 11.1 Å². The Morgan fingerprint density at radius 1 is 1.40 bits per heavy atom. The summed E-state index contributed by atoms with van der Waals surface area (Å²) in [5.74, 6) is 0. The lowest BCUT2D eigenvalue weighted by atomic mass is 9.76. The van der Waals surface area contributed by atoms with Crippen molar-refractivity contribution in [2.24, 2.45) is 0 Å². The molecule has 0 aromatic heterocycles. The number of aryl methyl sites for hydroxylation is 1. The second-order valence-electron chi connectivity index (χ2n) is 4.52. The molecular weight excluding hydrogens is 182 g/mol. The van der Waals surface area contributed by atoms with Gasteiger partial charge in [-0.1, -0.05) is 37.6 Å². The van der Waals surface area contributed by atoms with Crippen LogP contribution in [0.5, 0.6) is 0 Å². The van der Waals surface area contributed by atoms with E-state index in [9.17, 15) is 0 Å². The van der Waals surface area contributed by atoms with E-state index in [1.54, 1.807) is 0 Å². The summed E-state index contributed by atoms with van der Waals surface area (Å²) in [6, 6.07) is 11.0. The highest BCUT2D eigenvalue weighted by atomic mass is 14.4. The molecule has 1 nitrogen and oxygen atoms in total. The van der Waals surface area contributed by atoms with E-state index in [2.05, 4.69) is 37.3 Å². The molecule has 1 heteroatoms. The molecule has 0 saturated heterocycles. The lowest BCUT2D eigenvalue weighted by Gasteiger charge is -2.27. The van der Waals surface area contributed by atoms with Gasteiger partial charge < -0.3 is 0 Å². The average molecular weight is 199 g/mol. The Morgan fingerprint density at radius 2 is 2.20 bits per heavy atom. The maximum Gasteiger partial charge on any atom is 0.0631 e. The standard InChI is InChI=1S/C14H17N/c1-2-8-14(10-11-15)9-7-12-5-3-4-6-13(12)14/h3-6H,2,7-10H2,1H3/t14-/m1/s1. The van der Waals surface area contributed by atoms with Gasteiger partial charge in [0.2, 0.25) is 0 Å². The Labute approximate surface area is 91.7 Å². The Bertz CT molecular complexity index is 385. The summed E-state index contributed by atoms with van der Waals surface area (Å²) in [6.07, 6.45) is 5.30. The van der Waals surface area contributed by atoms with E-state index < -0.39 is 0 Å². The number of nitrogens with zero attached hydrogens (tertiary/aromatic N) is 1. The summed E-state index contributed by atoms with van der Waals surface area (Å²) in [5, 5.41) is 8.99. The SMILES string of the molecule is CCC[C@]1(CC#N)CCc2ccccc21.